The molecule has 1 aliphatic rings. The predicted octanol–water partition coefficient (Wildman–Crippen LogP) is 1.66. The van der Waals surface area contributed by atoms with Crippen molar-refractivity contribution < 1.29 is 5.11 Å². The Morgan fingerprint density at radius 3 is 2.88 bits per heavy atom. The van der Waals surface area contributed by atoms with Gasteiger partial charge in [-0.05, 0) is 12.1 Å². The van der Waals surface area contributed by atoms with Gasteiger partial charge in [-0.3, -0.25) is 4.98 Å². The lowest BCUT2D eigenvalue weighted by atomic mass is 9.99. The Labute approximate surface area is 94.3 Å². The van der Waals surface area contributed by atoms with Crippen LogP contribution in [0.4, 0.5) is 5.69 Å². The molecule has 1 aromatic heterocycles. The zero-order chi connectivity index (χ0) is 11.0. The number of anilines is 1. The van der Waals surface area contributed by atoms with Gasteiger partial charge in [0.15, 0.2) is 0 Å². The Hall–Kier alpha value is -1.61. The van der Waals surface area contributed by atoms with Crippen LogP contribution in [0.2, 0.25) is 0 Å². The first-order valence-electron chi connectivity index (χ1n) is 5.58. The average molecular weight is 214 g/mol. The first-order chi connectivity index (χ1) is 7.88. The number of benzene rings is 1. The number of aromatic nitrogens is 1. The molecule has 0 spiro atoms. The van der Waals surface area contributed by atoms with Crippen molar-refractivity contribution >= 4 is 16.6 Å². The van der Waals surface area contributed by atoms with E-state index in [0.717, 1.165) is 18.6 Å². The molecule has 1 aromatic carbocycles. The van der Waals surface area contributed by atoms with Gasteiger partial charge in [0.2, 0.25) is 0 Å². The zero-order valence-electron chi connectivity index (χ0n) is 9.00. The topological polar surface area (TPSA) is 36.4 Å². The maximum absolute atomic E-state index is 9.02. The second-order valence-corrected chi connectivity index (χ2v) is 4.30. The van der Waals surface area contributed by atoms with E-state index in [4.69, 9.17) is 5.11 Å². The lowest BCUT2D eigenvalue weighted by Crippen LogP contribution is -2.48. The van der Waals surface area contributed by atoms with Crippen molar-refractivity contribution in [3.8, 4) is 0 Å². The second-order valence-electron chi connectivity index (χ2n) is 4.30. The summed E-state index contributed by atoms with van der Waals surface area (Å²) in [5, 5.41) is 10.2. The van der Waals surface area contributed by atoms with Crippen molar-refractivity contribution in [2.45, 2.75) is 0 Å². The van der Waals surface area contributed by atoms with E-state index in [-0.39, 0.29) is 0 Å². The Balaban J connectivity index is 1.98. The summed E-state index contributed by atoms with van der Waals surface area (Å²) in [6.45, 7) is 2.19. The number of hydrogen-bond donors (Lipinski definition) is 1. The number of aliphatic hydroxyl groups excluding tert-OH is 1. The molecule has 0 aliphatic carbocycles. The van der Waals surface area contributed by atoms with Gasteiger partial charge in [0.25, 0.3) is 0 Å². The SMILES string of the molecule is OCC1CN(c2ccnc3ccccc23)C1. The Morgan fingerprint density at radius 2 is 2.06 bits per heavy atom. The summed E-state index contributed by atoms with van der Waals surface area (Å²) in [5.74, 6) is 0.437. The van der Waals surface area contributed by atoms with Gasteiger partial charge in [-0.2, -0.15) is 0 Å². The van der Waals surface area contributed by atoms with Crippen molar-refractivity contribution in [2.24, 2.45) is 5.92 Å². The van der Waals surface area contributed by atoms with Crippen LogP contribution in [0.3, 0.4) is 0 Å². The fraction of sp³-hybridized carbons (Fsp3) is 0.308. The van der Waals surface area contributed by atoms with E-state index in [1.165, 1.54) is 11.1 Å². The van der Waals surface area contributed by atoms with Crippen molar-refractivity contribution in [1.29, 1.82) is 0 Å². The van der Waals surface area contributed by atoms with Crippen LogP contribution in [0.25, 0.3) is 10.9 Å². The molecule has 1 fully saturated rings. The van der Waals surface area contributed by atoms with Crippen LogP contribution in [-0.2, 0) is 0 Å². The fourth-order valence-corrected chi connectivity index (χ4v) is 2.24. The van der Waals surface area contributed by atoms with Gasteiger partial charge in [0.1, 0.15) is 0 Å². The largest absolute Gasteiger partial charge is 0.396 e. The number of para-hydroxylation sites is 1. The molecule has 0 bridgehead atoms. The van der Waals surface area contributed by atoms with Gasteiger partial charge in [-0.1, -0.05) is 18.2 Å². The summed E-state index contributed by atoms with van der Waals surface area (Å²) in [5.41, 5.74) is 2.27. The van der Waals surface area contributed by atoms with Crippen LogP contribution < -0.4 is 4.90 Å². The molecular formula is C13H14N2O. The summed E-state index contributed by atoms with van der Waals surface area (Å²) in [6.07, 6.45) is 1.85. The first kappa shape index (κ1) is 9.60. The molecule has 2 heterocycles. The van der Waals surface area contributed by atoms with E-state index >= 15 is 0 Å². The van der Waals surface area contributed by atoms with E-state index in [0.29, 0.717) is 12.5 Å². The Morgan fingerprint density at radius 1 is 1.25 bits per heavy atom. The minimum atomic E-state index is 0.291. The highest BCUT2D eigenvalue weighted by molar-refractivity contribution is 5.91. The highest BCUT2D eigenvalue weighted by Crippen LogP contribution is 2.30. The van der Waals surface area contributed by atoms with Crippen molar-refractivity contribution in [2.75, 3.05) is 24.6 Å². The molecule has 16 heavy (non-hydrogen) atoms. The minimum Gasteiger partial charge on any atom is -0.396 e. The van der Waals surface area contributed by atoms with Gasteiger partial charge < -0.3 is 10.0 Å². The monoisotopic (exact) mass is 214 g/mol. The molecule has 1 aliphatic heterocycles. The lowest BCUT2D eigenvalue weighted by Gasteiger charge is -2.40. The number of rotatable bonds is 2. The van der Waals surface area contributed by atoms with E-state index in [9.17, 15) is 0 Å². The molecule has 0 radical (unpaired) electrons. The molecule has 3 rings (SSSR count). The van der Waals surface area contributed by atoms with Crippen LogP contribution >= 0.6 is 0 Å². The van der Waals surface area contributed by atoms with Crippen molar-refractivity contribution in [3.05, 3.63) is 36.5 Å². The molecule has 3 heteroatoms. The molecule has 0 amide bonds. The predicted molar refractivity (Wildman–Crippen MR) is 64.5 cm³/mol. The molecule has 1 N–H and O–H groups in total. The fourth-order valence-electron chi connectivity index (χ4n) is 2.24. The number of nitrogens with zero attached hydrogens (tertiary/aromatic N) is 2. The lowest BCUT2D eigenvalue weighted by molar-refractivity contribution is 0.201. The summed E-state index contributed by atoms with van der Waals surface area (Å²) in [6, 6.07) is 10.2. The second kappa shape index (κ2) is 3.76. The first-order valence-corrected chi connectivity index (χ1v) is 5.58. The Kier molecular flexibility index (Phi) is 2.26. The molecule has 0 atom stereocenters. The maximum atomic E-state index is 9.02. The average Bonchev–Trinajstić information content (AvgIpc) is 2.28. The Bertz CT molecular complexity index is 501. The highest BCUT2D eigenvalue weighted by Gasteiger charge is 2.26. The number of pyridine rings is 1. The molecule has 0 saturated carbocycles. The molecule has 1 saturated heterocycles. The van der Waals surface area contributed by atoms with Gasteiger partial charge in [0, 0.05) is 42.9 Å². The molecule has 0 unspecified atom stereocenters. The van der Waals surface area contributed by atoms with E-state index in [1.807, 2.05) is 24.4 Å². The summed E-state index contributed by atoms with van der Waals surface area (Å²) < 4.78 is 0. The van der Waals surface area contributed by atoms with Crippen LogP contribution in [-0.4, -0.2) is 29.8 Å². The third-order valence-electron chi connectivity index (χ3n) is 3.18. The van der Waals surface area contributed by atoms with Crippen molar-refractivity contribution in [1.82, 2.24) is 4.98 Å². The van der Waals surface area contributed by atoms with E-state index in [1.54, 1.807) is 0 Å². The van der Waals surface area contributed by atoms with E-state index in [2.05, 4.69) is 22.0 Å². The van der Waals surface area contributed by atoms with Gasteiger partial charge in [-0.25, -0.2) is 0 Å². The van der Waals surface area contributed by atoms with Crippen LogP contribution in [0.15, 0.2) is 36.5 Å². The van der Waals surface area contributed by atoms with Crippen LogP contribution in [0.5, 0.6) is 0 Å². The van der Waals surface area contributed by atoms with Gasteiger partial charge >= 0.3 is 0 Å². The number of hydrogen-bond acceptors (Lipinski definition) is 3. The molecule has 3 nitrogen and oxygen atoms in total. The maximum Gasteiger partial charge on any atom is 0.0722 e. The number of aliphatic hydroxyl groups is 1. The quantitative estimate of drug-likeness (QED) is 0.826. The highest BCUT2D eigenvalue weighted by atomic mass is 16.3. The zero-order valence-corrected chi connectivity index (χ0v) is 9.00. The minimum absolute atomic E-state index is 0.291. The van der Waals surface area contributed by atoms with E-state index < -0.39 is 0 Å². The molecular weight excluding hydrogens is 200 g/mol. The van der Waals surface area contributed by atoms with Gasteiger partial charge in [0.05, 0.1) is 5.52 Å². The standard InChI is InChI=1S/C13H14N2O/c16-9-10-7-15(8-10)13-5-6-14-12-4-2-1-3-11(12)13/h1-6,10,16H,7-9H2. The molecule has 82 valence electrons. The third-order valence-corrected chi connectivity index (χ3v) is 3.18. The molecule has 2 aromatic rings. The van der Waals surface area contributed by atoms with Gasteiger partial charge in [-0.15, -0.1) is 0 Å². The van der Waals surface area contributed by atoms with Crippen LogP contribution in [0.1, 0.15) is 0 Å². The smallest absolute Gasteiger partial charge is 0.0722 e. The number of fused-ring (bicyclic) bond motifs is 1. The summed E-state index contributed by atoms with van der Waals surface area (Å²) in [7, 11) is 0. The normalized spacial score (nSPS) is 16.4. The van der Waals surface area contributed by atoms with Crippen molar-refractivity contribution in [3.63, 3.8) is 0 Å². The van der Waals surface area contributed by atoms with Crippen LogP contribution in [0, 0.1) is 5.92 Å². The summed E-state index contributed by atoms with van der Waals surface area (Å²) in [4.78, 5) is 6.64. The summed E-state index contributed by atoms with van der Waals surface area (Å²) >= 11 is 0. The third kappa shape index (κ3) is 1.44.